The number of methoxy groups -OCH3 is 2. The van der Waals surface area contributed by atoms with E-state index in [-0.39, 0.29) is 6.61 Å². The molecule has 102 valence electrons. The van der Waals surface area contributed by atoms with Crippen molar-refractivity contribution in [2.45, 2.75) is 12.7 Å². The molecule has 6 heteroatoms. The van der Waals surface area contributed by atoms with Crippen molar-refractivity contribution in [1.82, 2.24) is 0 Å². The Balaban J connectivity index is 2.73. The van der Waals surface area contributed by atoms with Crippen LogP contribution >= 0.6 is 0 Å². The Morgan fingerprint density at radius 1 is 1.05 bits per heavy atom. The van der Waals surface area contributed by atoms with Crippen molar-refractivity contribution in [2.24, 2.45) is 0 Å². The number of hydrogen-bond donors (Lipinski definition) is 0. The maximum Gasteiger partial charge on any atom is 0.377 e. The van der Waals surface area contributed by atoms with Crippen LogP contribution in [0.3, 0.4) is 0 Å². The maximum absolute atomic E-state index is 11.6. The third-order valence-electron chi connectivity index (χ3n) is 2.30. The van der Waals surface area contributed by atoms with E-state index in [4.69, 9.17) is 4.74 Å². The molecule has 0 bridgehead atoms. The van der Waals surface area contributed by atoms with E-state index in [0.29, 0.717) is 0 Å². The minimum absolute atomic E-state index is 0.00331. The minimum Gasteiger partial charge on any atom is -0.467 e. The van der Waals surface area contributed by atoms with Gasteiger partial charge in [0.15, 0.2) is 0 Å². The number of Topliss-reactive ketones (excluding diaryl/α,β-unsaturated/α-hetero) is 1. The lowest BCUT2D eigenvalue weighted by Crippen LogP contribution is -2.39. The van der Waals surface area contributed by atoms with E-state index in [1.54, 1.807) is 24.3 Å². The molecule has 0 radical (unpaired) electrons. The number of hydrogen-bond acceptors (Lipinski definition) is 6. The van der Waals surface area contributed by atoms with Gasteiger partial charge in [0.05, 0.1) is 20.8 Å². The molecule has 1 atom stereocenters. The highest BCUT2D eigenvalue weighted by Gasteiger charge is 2.34. The average Bonchev–Trinajstić information content (AvgIpc) is 2.47. The molecule has 0 aliphatic rings. The molecule has 0 saturated carbocycles. The number of benzene rings is 1. The molecule has 0 heterocycles. The van der Waals surface area contributed by atoms with Gasteiger partial charge in [-0.25, -0.2) is 9.59 Å². The Labute approximate surface area is 110 Å². The second-order valence-electron chi connectivity index (χ2n) is 3.56. The third kappa shape index (κ3) is 4.18. The molecular weight excluding hydrogens is 252 g/mol. The number of ether oxygens (including phenoxy) is 3. The normalized spacial score (nSPS) is 11.5. The molecular formula is C13H14O6. The van der Waals surface area contributed by atoms with Crippen LogP contribution in [0.2, 0.25) is 0 Å². The fraction of sp³-hybridized carbons (Fsp3) is 0.308. The van der Waals surface area contributed by atoms with E-state index < -0.39 is 23.8 Å². The van der Waals surface area contributed by atoms with E-state index in [1.807, 2.05) is 6.07 Å². The van der Waals surface area contributed by atoms with Crippen LogP contribution in [0.1, 0.15) is 5.56 Å². The Morgan fingerprint density at radius 3 is 2.21 bits per heavy atom. The van der Waals surface area contributed by atoms with E-state index >= 15 is 0 Å². The first-order chi connectivity index (χ1) is 9.10. The summed E-state index contributed by atoms with van der Waals surface area (Å²) in [6.07, 6.45) is -1.61. The van der Waals surface area contributed by atoms with Gasteiger partial charge in [0, 0.05) is 0 Å². The van der Waals surface area contributed by atoms with Crippen molar-refractivity contribution in [3.8, 4) is 0 Å². The van der Waals surface area contributed by atoms with Crippen molar-refractivity contribution in [2.75, 3.05) is 14.2 Å². The third-order valence-corrected chi connectivity index (χ3v) is 2.30. The fourth-order valence-corrected chi connectivity index (χ4v) is 1.32. The van der Waals surface area contributed by atoms with Gasteiger partial charge in [0.1, 0.15) is 0 Å². The lowest BCUT2D eigenvalue weighted by atomic mass is 10.2. The number of esters is 2. The quantitative estimate of drug-likeness (QED) is 0.423. The molecule has 0 amide bonds. The molecule has 0 aliphatic carbocycles. The molecule has 0 N–H and O–H groups in total. The standard InChI is InChI=1S/C13H14O6/c1-17-12(15)10(14)11(13(16)18-2)19-8-9-6-4-3-5-7-9/h3-7,11H,8H2,1-2H3. The van der Waals surface area contributed by atoms with Crippen molar-refractivity contribution >= 4 is 17.7 Å². The summed E-state index contributed by atoms with van der Waals surface area (Å²) in [5.74, 6) is -3.18. The summed E-state index contributed by atoms with van der Waals surface area (Å²) in [7, 11) is 2.15. The zero-order valence-corrected chi connectivity index (χ0v) is 10.6. The SMILES string of the molecule is COC(=O)C(=O)C(OCc1ccccc1)C(=O)OC. The summed E-state index contributed by atoms with van der Waals surface area (Å²) in [4.78, 5) is 34.1. The van der Waals surface area contributed by atoms with Crippen LogP contribution in [-0.4, -0.2) is 38.0 Å². The highest BCUT2D eigenvalue weighted by atomic mass is 16.6. The lowest BCUT2D eigenvalue weighted by molar-refractivity contribution is -0.168. The van der Waals surface area contributed by atoms with Crippen molar-refractivity contribution in [3.63, 3.8) is 0 Å². The monoisotopic (exact) mass is 266 g/mol. The topological polar surface area (TPSA) is 78.9 Å². The molecule has 0 fully saturated rings. The Bertz CT molecular complexity index is 453. The number of carbonyl (C=O) groups excluding carboxylic acids is 3. The van der Waals surface area contributed by atoms with Gasteiger partial charge in [-0.1, -0.05) is 30.3 Å². The maximum atomic E-state index is 11.6. The van der Waals surface area contributed by atoms with E-state index in [2.05, 4.69) is 9.47 Å². The first-order valence-corrected chi connectivity index (χ1v) is 5.45. The van der Waals surface area contributed by atoms with E-state index in [9.17, 15) is 14.4 Å². The highest BCUT2D eigenvalue weighted by molar-refractivity contribution is 6.39. The van der Waals surface area contributed by atoms with Crippen LogP contribution < -0.4 is 0 Å². The van der Waals surface area contributed by atoms with Crippen LogP contribution in [0.4, 0.5) is 0 Å². The predicted octanol–water partition coefficient (Wildman–Crippen LogP) is 0.487. The molecule has 0 spiro atoms. The highest BCUT2D eigenvalue weighted by Crippen LogP contribution is 2.06. The molecule has 0 aromatic heterocycles. The van der Waals surface area contributed by atoms with Gasteiger partial charge < -0.3 is 14.2 Å². The van der Waals surface area contributed by atoms with Gasteiger partial charge in [-0.15, -0.1) is 0 Å². The second kappa shape index (κ2) is 7.27. The lowest BCUT2D eigenvalue weighted by Gasteiger charge is -2.13. The smallest absolute Gasteiger partial charge is 0.377 e. The van der Waals surface area contributed by atoms with Gasteiger partial charge in [0.2, 0.25) is 6.10 Å². The summed E-state index contributed by atoms with van der Waals surface area (Å²) in [5, 5.41) is 0. The number of carbonyl (C=O) groups is 3. The summed E-state index contributed by atoms with van der Waals surface area (Å²) in [6, 6.07) is 8.91. The van der Waals surface area contributed by atoms with Gasteiger partial charge in [-0.05, 0) is 5.56 Å². The number of rotatable bonds is 6. The average molecular weight is 266 g/mol. The van der Waals surface area contributed by atoms with Crippen molar-refractivity contribution < 1.29 is 28.6 Å². The summed E-state index contributed by atoms with van der Waals surface area (Å²) in [5.41, 5.74) is 0.758. The summed E-state index contributed by atoms with van der Waals surface area (Å²) < 4.78 is 13.8. The summed E-state index contributed by atoms with van der Waals surface area (Å²) >= 11 is 0. The van der Waals surface area contributed by atoms with Crippen molar-refractivity contribution in [1.29, 1.82) is 0 Å². The molecule has 1 rings (SSSR count). The van der Waals surface area contributed by atoms with Crippen LogP contribution in [0.15, 0.2) is 30.3 Å². The molecule has 19 heavy (non-hydrogen) atoms. The first kappa shape index (κ1) is 14.8. The van der Waals surface area contributed by atoms with Gasteiger partial charge in [-0.3, -0.25) is 4.79 Å². The zero-order valence-electron chi connectivity index (χ0n) is 10.6. The van der Waals surface area contributed by atoms with E-state index in [1.165, 1.54) is 0 Å². The van der Waals surface area contributed by atoms with Gasteiger partial charge in [-0.2, -0.15) is 0 Å². The van der Waals surface area contributed by atoms with Crippen LogP contribution in [0.5, 0.6) is 0 Å². The Morgan fingerprint density at radius 2 is 1.68 bits per heavy atom. The fourth-order valence-electron chi connectivity index (χ4n) is 1.32. The first-order valence-electron chi connectivity index (χ1n) is 5.45. The van der Waals surface area contributed by atoms with Crippen molar-refractivity contribution in [3.05, 3.63) is 35.9 Å². The largest absolute Gasteiger partial charge is 0.467 e. The second-order valence-corrected chi connectivity index (χ2v) is 3.56. The summed E-state index contributed by atoms with van der Waals surface area (Å²) in [6.45, 7) is 0.00331. The molecule has 1 unspecified atom stereocenters. The van der Waals surface area contributed by atoms with Gasteiger partial charge >= 0.3 is 11.9 Å². The molecule has 1 aromatic carbocycles. The molecule has 0 saturated heterocycles. The van der Waals surface area contributed by atoms with Gasteiger partial charge in [0.25, 0.3) is 5.78 Å². The molecule has 1 aromatic rings. The number of ketones is 1. The van der Waals surface area contributed by atoms with Crippen LogP contribution in [0.25, 0.3) is 0 Å². The Kier molecular flexibility index (Phi) is 5.69. The molecule has 6 nitrogen and oxygen atoms in total. The van der Waals surface area contributed by atoms with Crippen LogP contribution in [0, 0.1) is 0 Å². The molecule has 0 aliphatic heterocycles. The minimum atomic E-state index is -1.61. The zero-order chi connectivity index (χ0) is 14.3. The van der Waals surface area contributed by atoms with Crippen LogP contribution in [-0.2, 0) is 35.2 Å². The predicted molar refractivity (Wildman–Crippen MR) is 64.1 cm³/mol. The Hall–Kier alpha value is -2.21. The van der Waals surface area contributed by atoms with E-state index in [0.717, 1.165) is 19.8 Å².